The molecule has 0 fully saturated rings. The first-order chi connectivity index (χ1) is 12.4. The van der Waals surface area contributed by atoms with Gasteiger partial charge in [0.05, 0.1) is 11.4 Å². The number of nitrogens with zero attached hydrogens (tertiary/aromatic N) is 2. The molecule has 0 atom stereocenters. The molecular weight excluding hydrogens is 475 g/mol. The zero-order chi connectivity index (χ0) is 19.0. The Morgan fingerprint density at radius 3 is 2.19 bits per heavy atom. The van der Waals surface area contributed by atoms with Crippen LogP contribution in [0.15, 0.2) is 64.5 Å². The van der Waals surface area contributed by atoms with Gasteiger partial charge in [0, 0.05) is 27.2 Å². The predicted octanol–water partition coefficient (Wildman–Crippen LogP) is 2.81. The van der Waals surface area contributed by atoms with Crippen LogP contribution < -0.4 is 10.0 Å². The van der Waals surface area contributed by atoms with Gasteiger partial charge in [-0.25, -0.2) is 18.1 Å². The lowest BCUT2D eigenvalue weighted by molar-refractivity contribution is 0.578. The molecule has 0 heterocycles. The van der Waals surface area contributed by atoms with E-state index < -0.39 is 10.0 Å². The lowest BCUT2D eigenvalue weighted by atomic mass is 10.2. The molecule has 27 heavy (non-hydrogen) atoms. The first kappa shape index (κ1) is 23.4. The molecule has 0 saturated heterocycles. The van der Waals surface area contributed by atoms with Gasteiger partial charge in [-0.15, -0.1) is 24.0 Å². The predicted molar refractivity (Wildman–Crippen MR) is 121 cm³/mol. The SMILES string of the molecule is CCNS(=O)(=O)c1ccc(CNC(=NCc2ccccc2)N(C)C)cc1.I. The van der Waals surface area contributed by atoms with E-state index in [0.717, 1.165) is 17.1 Å². The van der Waals surface area contributed by atoms with Gasteiger partial charge < -0.3 is 10.2 Å². The van der Waals surface area contributed by atoms with Gasteiger partial charge in [-0.05, 0) is 23.3 Å². The van der Waals surface area contributed by atoms with E-state index in [0.29, 0.717) is 19.6 Å². The minimum atomic E-state index is -3.41. The lowest BCUT2D eigenvalue weighted by Gasteiger charge is -2.18. The number of nitrogens with one attached hydrogen (secondary N) is 2. The van der Waals surface area contributed by atoms with Crippen molar-refractivity contribution in [3.8, 4) is 0 Å². The molecule has 0 bridgehead atoms. The third kappa shape index (κ3) is 7.47. The molecule has 0 amide bonds. The van der Waals surface area contributed by atoms with Crippen molar-refractivity contribution in [1.82, 2.24) is 14.9 Å². The fraction of sp³-hybridized carbons (Fsp3) is 0.316. The zero-order valence-electron chi connectivity index (χ0n) is 15.8. The monoisotopic (exact) mass is 502 g/mol. The summed E-state index contributed by atoms with van der Waals surface area (Å²) in [5.74, 6) is 0.776. The van der Waals surface area contributed by atoms with Crippen molar-refractivity contribution in [2.24, 2.45) is 4.99 Å². The molecule has 2 aromatic carbocycles. The lowest BCUT2D eigenvalue weighted by Crippen LogP contribution is -2.36. The second-order valence-electron chi connectivity index (χ2n) is 6.02. The van der Waals surface area contributed by atoms with E-state index in [1.807, 2.05) is 61.5 Å². The van der Waals surface area contributed by atoms with Crippen molar-refractivity contribution >= 4 is 40.0 Å². The molecule has 0 aliphatic carbocycles. The normalized spacial score (nSPS) is 11.6. The fourth-order valence-electron chi connectivity index (χ4n) is 2.35. The van der Waals surface area contributed by atoms with E-state index in [4.69, 9.17) is 0 Å². The van der Waals surface area contributed by atoms with Gasteiger partial charge in [0.25, 0.3) is 0 Å². The molecule has 0 spiro atoms. The Balaban J connectivity index is 0.00000364. The van der Waals surface area contributed by atoms with Crippen LogP contribution >= 0.6 is 24.0 Å². The number of hydrogen-bond donors (Lipinski definition) is 2. The van der Waals surface area contributed by atoms with Crippen LogP contribution in [-0.4, -0.2) is 39.9 Å². The molecule has 0 aromatic heterocycles. The summed E-state index contributed by atoms with van der Waals surface area (Å²) in [6.07, 6.45) is 0. The van der Waals surface area contributed by atoms with Gasteiger partial charge >= 0.3 is 0 Å². The van der Waals surface area contributed by atoms with Crippen molar-refractivity contribution in [2.45, 2.75) is 24.9 Å². The highest BCUT2D eigenvalue weighted by molar-refractivity contribution is 14.0. The quantitative estimate of drug-likeness (QED) is 0.347. The maximum atomic E-state index is 12.0. The smallest absolute Gasteiger partial charge is 0.240 e. The van der Waals surface area contributed by atoms with Gasteiger partial charge in [-0.1, -0.05) is 49.4 Å². The molecule has 0 saturated carbocycles. The third-order valence-electron chi connectivity index (χ3n) is 3.70. The van der Waals surface area contributed by atoms with E-state index in [1.165, 1.54) is 0 Å². The van der Waals surface area contributed by atoms with E-state index in [-0.39, 0.29) is 28.9 Å². The first-order valence-electron chi connectivity index (χ1n) is 8.50. The summed E-state index contributed by atoms with van der Waals surface area (Å²) in [6, 6.07) is 16.9. The van der Waals surface area contributed by atoms with Crippen LogP contribution in [0.1, 0.15) is 18.1 Å². The average molecular weight is 502 g/mol. The van der Waals surface area contributed by atoms with Gasteiger partial charge in [0.1, 0.15) is 0 Å². The molecule has 2 N–H and O–H groups in total. The highest BCUT2D eigenvalue weighted by Gasteiger charge is 2.12. The van der Waals surface area contributed by atoms with E-state index >= 15 is 0 Å². The fourth-order valence-corrected chi connectivity index (χ4v) is 3.39. The minimum absolute atomic E-state index is 0. The van der Waals surface area contributed by atoms with Crippen LogP contribution in [0.2, 0.25) is 0 Å². The maximum absolute atomic E-state index is 12.0. The number of rotatable bonds is 7. The highest BCUT2D eigenvalue weighted by Crippen LogP contribution is 2.10. The third-order valence-corrected chi connectivity index (χ3v) is 5.26. The Labute approximate surface area is 179 Å². The topological polar surface area (TPSA) is 73.8 Å². The number of aliphatic imine (C=N–C) groups is 1. The molecular formula is C19H27IN4O2S. The Hall–Kier alpha value is -1.65. The van der Waals surface area contributed by atoms with Crippen LogP contribution in [-0.2, 0) is 23.1 Å². The molecule has 0 aliphatic heterocycles. The molecule has 0 aliphatic rings. The second-order valence-corrected chi connectivity index (χ2v) is 7.79. The van der Waals surface area contributed by atoms with Crippen molar-refractivity contribution in [3.63, 3.8) is 0 Å². The molecule has 6 nitrogen and oxygen atoms in total. The average Bonchev–Trinajstić information content (AvgIpc) is 2.62. The van der Waals surface area contributed by atoms with Gasteiger partial charge in [0.2, 0.25) is 10.0 Å². The molecule has 2 rings (SSSR count). The summed E-state index contributed by atoms with van der Waals surface area (Å²) in [5, 5.41) is 3.30. The first-order valence-corrected chi connectivity index (χ1v) is 9.99. The largest absolute Gasteiger partial charge is 0.352 e. The van der Waals surface area contributed by atoms with Crippen LogP contribution in [0.3, 0.4) is 0 Å². The number of hydrogen-bond acceptors (Lipinski definition) is 3. The molecule has 0 radical (unpaired) electrons. The van der Waals surface area contributed by atoms with Crippen molar-refractivity contribution < 1.29 is 8.42 Å². The van der Waals surface area contributed by atoms with Crippen LogP contribution in [0.4, 0.5) is 0 Å². The Morgan fingerprint density at radius 1 is 1.00 bits per heavy atom. The van der Waals surface area contributed by atoms with Crippen molar-refractivity contribution in [2.75, 3.05) is 20.6 Å². The Kier molecular flexibility index (Phi) is 9.75. The standard InChI is InChI=1S/C19H26N4O2S.HI/c1-4-22-26(24,25)18-12-10-17(11-13-18)15-21-19(23(2)3)20-14-16-8-6-5-7-9-16;/h5-13,22H,4,14-15H2,1-3H3,(H,20,21);1H. The summed E-state index contributed by atoms with van der Waals surface area (Å²) in [7, 11) is 0.453. The summed E-state index contributed by atoms with van der Waals surface area (Å²) >= 11 is 0. The summed E-state index contributed by atoms with van der Waals surface area (Å²) in [5.41, 5.74) is 2.13. The number of guanidine groups is 1. The van der Waals surface area contributed by atoms with Crippen molar-refractivity contribution in [3.05, 3.63) is 65.7 Å². The second kappa shape index (κ2) is 11.3. The highest BCUT2D eigenvalue weighted by atomic mass is 127. The van der Waals surface area contributed by atoms with Crippen LogP contribution in [0.5, 0.6) is 0 Å². The van der Waals surface area contributed by atoms with E-state index in [1.54, 1.807) is 19.1 Å². The van der Waals surface area contributed by atoms with Gasteiger partial charge in [-0.3, -0.25) is 0 Å². The zero-order valence-corrected chi connectivity index (χ0v) is 19.0. The van der Waals surface area contributed by atoms with E-state index in [9.17, 15) is 8.42 Å². The number of benzene rings is 2. The van der Waals surface area contributed by atoms with Gasteiger partial charge in [0.15, 0.2) is 5.96 Å². The van der Waals surface area contributed by atoms with Crippen LogP contribution in [0.25, 0.3) is 0 Å². The Morgan fingerprint density at radius 2 is 1.63 bits per heavy atom. The van der Waals surface area contributed by atoms with Crippen LogP contribution in [0, 0.1) is 0 Å². The van der Waals surface area contributed by atoms with Gasteiger partial charge in [-0.2, -0.15) is 0 Å². The maximum Gasteiger partial charge on any atom is 0.240 e. The number of halogens is 1. The molecule has 8 heteroatoms. The van der Waals surface area contributed by atoms with E-state index in [2.05, 4.69) is 15.0 Å². The summed E-state index contributed by atoms with van der Waals surface area (Å²) in [6.45, 7) is 3.29. The Bertz CT molecular complexity index is 823. The molecule has 2 aromatic rings. The summed E-state index contributed by atoms with van der Waals surface area (Å²) < 4.78 is 26.4. The minimum Gasteiger partial charge on any atom is -0.352 e. The molecule has 0 unspecified atom stereocenters. The van der Waals surface area contributed by atoms with Crippen molar-refractivity contribution in [1.29, 1.82) is 0 Å². The summed E-state index contributed by atoms with van der Waals surface area (Å²) in [4.78, 5) is 6.81. The number of sulfonamides is 1. The molecule has 148 valence electrons.